The van der Waals surface area contributed by atoms with Crippen LogP contribution >= 0.6 is 24.0 Å². The van der Waals surface area contributed by atoms with Crippen molar-refractivity contribution in [3.8, 4) is 5.75 Å². The quantitative estimate of drug-likeness (QED) is 0.426. The maximum absolute atomic E-state index is 13.8. The van der Waals surface area contributed by atoms with Gasteiger partial charge in [-0.1, -0.05) is 42.2 Å². The number of aromatic hydroxyl groups is 1. The predicted octanol–water partition coefficient (Wildman–Crippen LogP) is 3.85. The van der Waals surface area contributed by atoms with Crippen molar-refractivity contribution < 1.29 is 29.0 Å². The molecule has 0 aliphatic carbocycles. The minimum atomic E-state index is -1.28. The third kappa shape index (κ3) is 5.47. The van der Waals surface area contributed by atoms with Gasteiger partial charge in [0.2, 0.25) is 5.91 Å². The van der Waals surface area contributed by atoms with Gasteiger partial charge in [-0.05, 0) is 30.7 Å². The number of aromatic carboxylic acids is 1. The minimum absolute atomic E-state index is 0.0743. The average Bonchev–Trinajstić information content (AvgIpc) is 2.97. The van der Waals surface area contributed by atoms with Crippen LogP contribution in [-0.2, 0) is 9.59 Å². The Bertz CT molecular complexity index is 1100. The first kappa shape index (κ1) is 22.4. The molecule has 7 nitrogen and oxygen atoms in total. The Labute approximate surface area is 186 Å². The fraction of sp³-hybridized carbons (Fsp3) is 0.143. The van der Waals surface area contributed by atoms with Gasteiger partial charge >= 0.3 is 5.97 Å². The molecular weight excluding hydrogens is 443 g/mol. The number of phenols is 1. The lowest BCUT2D eigenvalue weighted by atomic mass is 10.1. The van der Waals surface area contributed by atoms with E-state index in [-0.39, 0.29) is 36.0 Å². The molecule has 3 rings (SSSR count). The Balaban J connectivity index is 1.54. The van der Waals surface area contributed by atoms with E-state index in [1.165, 1.54) is 29.2 Å². The summed E-state index contributed by atoms with van der Waals surface area (Å²) in [6.07, 6.45) is 1.85. The molecule has 1 aliphatic heterocycles. The van der Waals surface area contributed by atoms with E-state index in [2.05, 4.69) is 5.32 Å². The Morgan fingerprint density at radius 1 is 1.23 bits per heavy atom. The van der Waals surface area contributed by atoms with Gasteiger partial charge in [0.15, 0.2) is 0 Å². The summed E-state index contributed by atoms with van der Waals surface area (Å²) in [7, 11) is 0. The van der Waals surface area contributed by atoms with Gasteiger partial charge in [0.1, 0.15) is 21.5 Å². The number of benzene rings is 2. The highest BCUT2D eigenvalue weighted by Crippen LogP contribution is 2.33. The number of halogens is 1. The van der Waals surface area contributed by atoms with Gasteiger partial charge in [-0.25, -0.2) is 9.18 Å². The number of thiocarbonyl (C=S) groups is 1. The van der Waals surface area contributed by atoms with Crippen LogP contribution in [0, 0.1) is 5.82 Å². The molecule has 2 amide bonds. The van der Waals surface area contributed by atoms with Crippen molar-refractivity contribution in [2.75, 3.05) is 11.9 Å². The second kappa shape index (κ2) is 9.71. The lowest BCUT2D eigenvalue weighted by Gasteiger charge is -2.14. The summed E-state index contributed by atoms with van der Waals surface area (Å²) in [6, 6.07) is 9.81. The van der Waals surface area contributed by atoms with E-state index in [1.54, 1.807) is 18.2 Å². The first-order chi connectivity index (χ1) is 14.8. The molecule has 1 fully saturated rings. The topological polar surface area (TPSA) is 107 Å². The van der Waals surface area contributed by atoms with Crippen molar-refractivity contribution in [3.63, 3.8) is 0 Å². The van der Waals surface area contributed by atoms with E-state index in [0.717, 1.165) is 17.8 Å². The van der Waals surface area contributed by atoms with Gasteiger partial charge in [0.25, 0.3) is 5.91 Å². The molecule has 10 heteroatoms. The number of nitrogens with zero attached hydrogens (tertiary/aromatic N) is 1. The van der Waals surface area contributed by atoms with Gasteiger partial charge in [-0.3, -0.25) is 14.5 Å². The second-order valence-corrected chi connectivity index (χ2v) is 8.22. The van der Waals surface area contributed by atoms with Crippen LogP contribution in [0.25, 0.3) is 6.08 Å². The number of rotatable bonds is 7. The Hall–Kier alpha value is -3.24. The van der Waals surface area contributed by atoms with Gasteiger partial charge in [0.05, 0.1) is 4.91 Å². The van der Waals surface area contributed by atoms with E-state index in [0.29, 0.717) is 21.2 Å². The largest absolute Gasteiger partial charge is 0.507 e. The first-order valence-corrected chi connectivity index (χ1v) is 10.3. The lowest BCUT2D eigenvalue weighted by Crippen LogP contribution is -2.29. The molecule has 1 aliphatic rings. The fourth-order valence-corrected chi connectivity index (χ4v) is 4.14. The zero-order valence-corrected chi connectivity index (χ0v) is 17.6. The summed E-state index contributed by atoms with van der Waals surface area (Å²) in [6.45, 7) is 0.218. The highest BCUT2D eigenvalue weighted by molar-refractivity contribution is 8.26. The lowest BCUT2D eigenvalue weighted by molar-refractivity contribution is -0.122. The minimum Gasteiger partial charge on any atom is -0.507 e. The highest BCUT2D eigenvalue weighted by Gasteiger charge is 2.31. The van der Waals surface area contributed by atoms with Crippen molar-refractivity contribution in [3.05, 3.63) is 64.3 Å². The molecule has 0 bridgehead atoms. The van der Waals surface area contributed by atoms with Crippen LogP contribution in [0.2, 0.25) is 0 Å². The maximum atomic E-state index is 13.8. The monoisotopic (exact) mass is 460 g/mol. The maximum Gasteiger partial charge on any atom is 0.339 e. The fourth-order valence-electron chi connectivity index (χ4n) is 2.84. The van der Waals surface area contributed by atoms with Crippen LogP contribution in [0.3, 0.4) is 0 Å². The number of carboxylic acid groups (broad SMARTS) is 1. The standard InChI is InChI=1S/C21H17FN2O5S2/c22-15-5-2-1-4-12(15)10-17-19(27)24(21(30)31-17)9-3-6-18(26)23-13-7-8-14(20(28)29)16(25)11-13/h1-2,4-5,7-8,10-11,25H,3,6,9H2,(H,23,26)(H,28,29). The van der Waals surface area contributed by atoms with Crippen LogP contribution < -0.4 is 5.32 Å². The summed E-state index contributed by atoms with van der Waals surface area (Å²) in [5.41, 5.74) is 0.279. The number of nitrogens with one attached hydrogen (secondary N) is 1. The zero-order valence-electron chi connectivity index (χ0n) is 16.0. The normalized spacial score (nSPS) is 14.9. The molecule has 2 aromatic rings. The molecule has 31 heavy (non-hydrogen) atoms. The van der Waals surface area contributed by atoms with E-state index in [4.69, 9.17) is 17.3 Å². The molecule has 0 unspecified atom stereocenters. The van der Waals surface area contributed by atoms with Crippen molar-refractivity contribution in [2.24, 2.45) is 0 Å². The van der Waals surface area contributed by atoms with Gasteiger partial charge in [-0.15, -0.1) is 0 Å². The van der Waals surface area contributed by atoms with Crippen molar-refractivity contribution in [1.82, 2.24) is 4.90 Å². The number of carbonyl (C=O) groups excluding carboxylic acids is 2. The third-order valence-corrected chi connectivity index (χ3v) is 5.74. The molecule has 0 spiro atoms. The van der Waals surface area contributed by atoms with E-state index in [1.807, 2.05) is 0 Å². The first-order valence-electron chi connectivity index (χ1n) is 9.12. The molecule has 3 N–H and O–H groups in total. The summed E-state index contributed by atoms with van der Waals surface area (Å²) in [5, 5.41) is 21.1. The average molecular weight is 461 g/mol. The Morgan fingerprint density at radius 2 is 1.97 bits per heavy atom. The number of hydrogen-bond donors (Lipinski definition) is 3. The van der Waals surface area contributed by atoms with Crippen LogP contribution in [0.15, 0.2) is 47.4 Å². The summed E-state index contributed by atoms with van der Waals surface area (Å²) < 4.78 is 14.2. The van der Waals surface area contributed by atoms with Crippen molar-refractivity contribution >= 4 is 57.8 Å². The number of carbonyl (C=O) groups is 3. The van der Waals surface area contributed by atoms with Gasteiger partial charge in [-0.2, -0.15) is 0 Å². The Kier molecular flexibility index (Phi) is 7.03. The van der Waals surface area contributed by atoms with Crippen LogP contribution in [-0.4, -0.2) is 43.8 Å². The molecular formula is C21H17FN2O5S2. The smallest absolute Gasteiger partial charge is 0.339 e. The van der Waals surface area contributed by atoms with Crippen LogP contribution in [0.1, 0.15) is 28.8 Å². The number of hydrogen-bond acceptors (Lipinski definition) is 6. The molecule has 0 saturated carbocycles. The van der Waals surface area contributed by atoms with Gasteiger partial charge in [0, 0.05) is 30.3 Å². The molecule has 0 radical (unpaired) electrons. The predicted molar refractivity (Wildman–Crippen MR) is 119 cm³/mol. The SMILES string of the molecule is O=C(CCCN1C(=O)C(=Cc2ccccc2F)SC1=S)Nc1ccc(C(=O)O)c(O)c1. The molecule has 0 atom stereocenters. The molecule has 1 saturated heterocycles. The highest BCUT2D eigenvalue weighted by atomic mass is 32.2. The summed E-state index contributed by atoms with van der Waals surface area (Å²) in [5.74, 6) is -2.87. The molecule has 160 valence electrons. The Morgan fingerprint density at radius 3 is 2.65 bits per heavy atom. The van der Waals surface area contributed by atoms with Gasteiger partial charge < -0.3 is 15.5 Å². The number of carboxylic acids is 1. The molecule has 0 aromatic heterocycles. The van der Waals surface area contributed by atoms with Crippen LogP contribution in [0.4, 0.5) is 10.1 Å². The number of anilines is 1. The number of thioether (sulfide) groups is 1. The third-order valence-electron chi connectivity index (χ3n) is 4.36. The van der Waals surface area contributed by atoms with Crippen molar-refractivity contribution in [1.29, 1.82) is 0 Å². The van der Waals surface area contributed by atoms with Crippen molar-refractivity contribution in [2.45, 2.75) is 12.8 Å². The second-order valence-electron chi connectivity index (χ2n) is 6.54. The number of amides is 2. The van der Waals surface area contributed by atoms with Crippen LogP contribution in [0.5, 0.6) is 5.75 Å². The van der Waals surface area contributed by atoms with E-state index < -0.39 is 17.5 Å². The zero-order chi connectivity index (χ0) is 22.5. The summed E-state index contributed by atoms with van der Waals surface area (Å²) in [4.78, 5) is 37.3. The molecule has 1 heterocycles. The van der Waals surface area contributed by atoms with E-state index >= 15 is 0 Å². The summed E-state index contributed by atoms with van der Waals surface area (Å²) >= 11 is 6.31. The van der Waals surface area contributed by atoms with E-state index in [9.17, 15) is 23.9 Å². The molecule has 2 aromatic carbocycles.